The van der Waals surface area contributed by atoms with Gasteiger partial charge in [-0.05, 0) is 24.0 Å². The molecular formula is C21H25NO3. The number of aliphatic carboxylic acids is 1. The lowest BCUT2D eigenvalue weighted by Gasteiger charge is -2.18. The second kappa shape index (κ2) is 10.3. The van der Waals surface area contributed by atoms with Gasteiger partial charge in [0.25, 0.3) is 0 Å². The molecule has 0 heterocycles. The fraction of sp³-hybridized carbons (Fsp3) is 0.333. The summed E-state index contributed by atoms with van der Waals surface area (Å²) in [5, 5.41) is 11.6. The normalized spacial score (nSPS) is 10.6. The fourth-order valence-electron chi connectivity index (χ4n) is 2.85. The molecule has 132 valence electrons. The highest BCUT2D eigenvalue weighted by Crippen LogP contribution is 2.24. The summed E-state index contributed by atoms with van der Waals surface area (Å²) in [5.41, 5.74) is 1.96. The monoisotopic (exact) mass is 339 g/mol. The highest BCUT2D eigenvalue weighted by atomic mass is 16.4. The zero-order valence-corrected chi connectivity index (χ0v) is 14.4. The summed E-state index contributed by atoms with van der Waals surface area (Å²) < 4.78 is 0. The van der Waals surface area contributed by atoms with Crippen LogP contribution in [0.4, 0.5) is 0 Å². The molecule has 0 spiro atoms. The Morgan fingerprint density at radius 3 is 1.84 bits per heavy atom. The van der Waals surface area contributed by atoms with Crippen LogP contribution in [0.25, 0.3) is 0 Å². The molecule has 2 rings (SSSR count). The number of carboxylic acid groups (broad SMARTS) is 1. The van der Waals surface area contributed by atoms with Crippen molar-refractivity contribution in [3.63, 3.8) is 0 Å². The third-order valence-corrected chi connectivity index (χ3v) is 4.14. The molecular weight excluding hydrogens is 314 g/mol. The Kier molecular flexibility index (Phi) is 7.70. The minimum absolute atomic E-state index is 0.00272. The van der Waals surface area contributed by atoms with E-state index in [1.165, 1.54) is 0 Å². The molecule has 2 N–H and O–H groups in total. The Hall–Kier alpha value is -2.62. The number of carbonyl (C=O) groups excluding carboxylic acids is 1. The Morgan fingerprint density at radius 2 is 1.32 bits per heavy atom. The maximum Gasteiger partial charge on any atom is 0.303 e. The summed E-state index contributed by atoms with van der Waals surface area (Å²) in [6.07, 6.45) is 3.58. The Balaban J connectivity index is 1.88. The molecule has 4 nitrogen and oxygen atoms in total. The Labute approximate surface area is 148 Å². The first kappa shape index (κ1) is 18.7. The number of nitrogens with one attached hydrogen (secondary N) is 1. The molecule has 0 unspecified atom stereocenters. The van der Waals surface area contributed by atoms with Gasteiger partial charge in [-0.15, -0.1) is 0 Å². The van der Waals surface area contributed by atoms with Gasteiger partial charge in [0.2, 0.25) is 5.91 Å². The smallest absolute Gasteiger partial charge is 0.303 e. The van der Waals surface area contributed by atoms with Gasteiger partial charge in [-0.3, -0.25) is 9.59 Å². The van der Waals surface area contributed by atoms with Gasteiger partial charge in [0.15, 0.2) is 0 Å². The molecule has 0 fully saturated rings. The van der Waals surface area contributed by atoms with Gasteiger partial charge in [0.1, 0.15) is 0 Å². The van der Waals surface area contributed by atoms with Crippen LogP contribution in [0.1, 0.15) is 49.1 Å². The van der Waals surface area contributed by atoms with Crippen molar-refractivity contribution in [1.82, 2.24) is 5.32 Å². The van der Waals surface area contributed by atoms with Crippen molar-refractivity contribution in [3.8, 4) is 0 Å². The minimum atomic E-state index is -0.748. The number of hydrogen-bond acceptors (Lipinski definition) is 2. The first-order valence-corrected chi connectivity index (χ1v) is 8.78. The van der Waals surface area contributed by atoms with Crippen molar-refractivity contribution in [3.05, 3.63) is 71.8 Å². The molecule has 0 aliphatic rings. The molecule has 0 aliphatic carbocycles. The van der Waals surface area contributed by atoms with Crippen molar-refractivity contribution in [2.45, 2.75) is 38.0 Å². The molecule has 0 aliphatic heterocycles. The number of carboxylic acids is 1. The molecule has 25 heavy (non-hydrogen) atoms. The zero-order chi connectivity index (χ0) is 17.9. The zero-order valence-electron chi connectivity index (χ0n) is 14.4. The molecule has 1 amide bonds. The van der Waals surface area contributed by atoms with E-state index >= 15 is 0 Å². The summed E-state index contributed by atoms with van der Waals surface area (Å²) >= 11 is 0. The second-order valence-electron chi connectivity index (χ2n) is 6.10. The van der Waals surface area contributed by atoms with Gasteiger partial charge < -0.3 is 10.4 Å². The number of carbonyl (C=O) groups is 2. The van der Waals surface area contributed by atoms with E-state index in [1.807, 2.05) is 60.7 Å². The lowest BCUT2D eigenvalue weighted by Crippen LogP contribution is -2.30. The Morgan fingerprint density at radius 1 is 0.800 bits per heavy atom. The van der Waals surface area contributed by atoms with Crippen molar-refractivity contribution >= 4 is 11.9 Å². The van der Waals surface area contributed by atoms with E-state index in [1.54, 1.807) is 0 Å². The van der Waals surface area contributed by atoms with E-state index in [0.717, 1.165) is 30.4 Å². The predicted octanol–water partition coefficient (Wildman–Crippen LogP) is 3.97. The SMILES string of the molecule is O=C(O)CCCCCCNC(=O)C(c1ccccc1)c1ccccc1. The van der Waals surface area contributed by atoms with E-state index in [-0.39, 0.29) is 18.2 Å². The Bertz CT molecular complexity index is 616. The third-order valence-electron chi connectivity index (χ3n) is 4.14. The van der Waals surface area contributed by atoms with Crippen LogP contribution in [-0.4, -0.2) is 23.5 Å². The molecule has 2 aromatic carbocycles. The summed E-state index contributed by atoms with van der Waals surface area (Å²) in [6, 6.07) is 19.6. The lowest BCUT2D eigenvalue weighted by atomic mass is 9.90. The molecule has 0 saturated heterocycles. The second-order valence-corrected chi connectivity index (χ2v) is 6.10. The van der Waals surface area contributed by atoms with Crippen LogP contribution < -0.4 is 5.32 Å². The van der Waals surface area contributed by atoms with Gasteiger partial charge in [-0.1, -0.05) is 73.5 Å². The summed E-state index contributed by atoms with van der Waals surface area (Å²) in [7, 11) is 0. The molecule has 0 saturated carbocycles. The highest BCUT2D eigenvalue weighted by molar-refractivity contribution is 5.87. The van der Waals surface area contributed by atoms with Crippen LogP contribution in [0.15, 0.2) is 60.7 Å². The van der Waals surface area contributed by atoms with Gasteiger partial charge in [-0.25, -0.2) is 0 Å². The first-order chi connectivity index (χ1) is 12.2. The quantitative estimate of drug-likeness (QED) is 0.644. The topological polar surface area (TPSA) is 66.4 Å². The number of benzene rings is 2. The minimum Gasteiger partial charge on any atom is -0.481 e. The van der Waals surface area contributed by atoms with Crippen LogP contribution >= 0.6 is 0 Å². The molecule has 0 bridgehead atoms. The van der Waals surface area contributed by atoms with Crippen molar-refractivity contribution in [2.24, 2.45) is 0 Å². The molecule has 4 heteroatoms. The average molecular weight is 339 g/mol. The van der Waals surface area contributed by atoms with Crippen molar-refractivity contribution < 1.29 is 14.7 Å². The average Bonchev–Trinajstić information content (AvgIpc) is 2.63. The molecule has 2 aromatic rings. The van der Waals surface area contributed by atoms with E-state index in [9.17, 15) is 9.59 Å². The molecule has 0 atom stereocenters. The van der Waals surface area contributed by atoms with E-state index in [0.29, 0.717) is 13.0 Å². The van der Waals surface area contributed by atoms with Crippen LogP contribution in [0.5, 0.6) is 0 Å². The number of amides is 1. The third kappa shape index (κ3) is 6.42. The summed E-state index contributed by atoms with van der Waals surface area (Å²) in [6.45, 7) is 0.613. The maximum atomic E-state index is 12.7. The van der Waals surface area contributed by atoms with Crippen LogP contribution in [0, 0.1) is 0 Å². The van der Waals surface area contributed by atoms with E-state index in [4.69, 9.17) is 5.11 Å². The predicted molar refractivity (Wildman–Crippen MR) is 98.5 cm³/mol. The van der Waals surface area contributed by atoms with Crippen molar-refractivity contribution in [1.29, 1.82) is 0 Å². The molecule has 0 radical (unpaired) electrons. The summed E-state index contributed by atoms with van der Waals surface area (Å²) in [5.74, 6) is -1.06. The van der Waals surface area contributed by atoms with Gasteiger partial charge in [-0.2, -0.15) is 0 Å². The fourth-order valence-corrected chi connectivity index (χ4v) is 2.85. The van der Waals surface area contributed by atoms with Gasteiger partial charge >= 0.3 is 5.97 Å². The number of hydrogen-bond donors (Lipinski definition) is 2. The highest BCUT2D eigenvalue weighted by Gasteiger charge is 2.21. The van der Waals surface area contributed by atoms with Gasteiger partial charge in [0, 0.05) is 13.0 Å². The lowest BCUT2D eigenvalue weighted by molar-refractivity contribution is -0.137. The van der Waals surface area contributed by atoms with E-state index in [2.05, 4.69) is 5.32 Å². The van der Waals surface area contributed by atoms with Crippen LogP contribution in [0.3, 0.4) is 0 Å². The maximum absolute atomic E-state index is 12.7. The van der Waals surface area contributed by atoms with Gasteiger partial charge in [0.05, 0.1) is 5.92 Å². The van der Waals surface area contributed by atoms with Crippen LogP contribution in [0.2, 0.25) is 0 Å². The number of unbranched alkanes of at least 4 members (excludes halogenated alkanes) is 3. The largest absolute Gasteiger partial charge is 0.481 e. The van der Waals surface area contributed by atoms with Crippen molar-refractivity contribution in [2.75, 3.05) is 6.54 Å². The first-order valence-electron chi connectivity index (χ1n) is 8.78. The standard InChI is InChI=1S/C21H25NO3/c23-19(24)15-9-1-2-10-16-22-21(25)20(17-11-5-3-6-12-17)18-13-7-4-8-14-18/h3-8,11-14,20H,1-2,9-10,15-16H2,(H,22,25)(H,23,24). The van der Waals surface area contributed by atoms with E-state index < -0.39 is 5.97 Å². The number of rotatable bonds is 10. The summed E-state index contributed by atoms with van der Waals surface area (Å²) in [4.78, 5) is 23.2. The molecule has 0 aromatic heterocycles. The van der Waals surface area contributed by atoms with Crippen LogP contribution in [-0.2, 0) is 9.59 Å².